The van der Waals surface area contributed by atoms with Gasteiger partial charge in [-0.15, -0.1) is 0 Å². The average Bonchev–Trinajstić information content (AvgIpc) is 2.66. The smallest absolute Gasteiger partial charge is 0.221 e. The van der Waals surface area contributed by atoms with Gasteiger partial charge in [0.15, 0.2) is 0 Å². The van der Waals surface area contributed by atoms with Gasteiger partial charge in [-0.05, 0) is 18.6 Å². The van der Waals surface area contributed by atoms with Gasteiger partial charge >= 0.3 is 0 Å². The van der Waals surface area contributed by atoms with E-state index in [1.54, 1.807) is 0 Å². The lowest BCUT2D eigenvalue weighted by molar-refractivity contribution is -0.120. The lowest BCUT2D eigenvalue weighted by atomic mass is 10.2. The highest BCUT2D eigenvalue weighted by molar-refractivity contribution is 8.00. The van der Waals surface area contributed by atoms with Crippen molar-refractivity contribution in [1.29, 1.82) is 0 Å². The van der Waals surface area contributed by atoms with E-state index >= 15 is 0 Å². The number of rotatable bonds is 6. The molecule has 0 spiro atoms. The first-order valence-corrected chi connectivity index (χ1v) is 6.85. The lowest BCUT2D eigenvalue weighted by Gasteiger charge is -2.11. The van der Waals surface area contributed by atoms with Crippen LogP contribution in [-0.2, 0) is 4.79 Å². The van der Waals surface area contributed by atoms with Crippen LogP contribution in [0.5, 0.6) is 0 Å². The number of amides is 1. The fourth-order valence-corrected chi connectivity index (χ4v) is 2.80. The molecule has 1 unspecified atom stereocenters. The molecule has 1 amide bonds. The molecule has 1 atom stereocenters. The molecule has 0 radical (unpaired) electrons. The maximum Gasteiger partial charge on any atom is 0.221 e. The molecule has 1 fully saturated rings. The number of hydrogen-bond acceptors (Lipinski definition) is 3. The number of thioether (sulfide) groups is 1. The molecule has 15 heavy (non-hydrogen) atoms. The van der Waals surface area contributed by atoms with Crippen molar-refractivity contribution < 1.29 is 4.79 Å². The molecule has 1 saturated heterocycles. The summed E-state index contributed by atoms with van der Waals surface area (Å²) in [5.74, 6) is 1.44. The van der Waals surface area contributed by atoms with Crippen LogP contribution in [0.2, 0.25) is 0 Å². The zero-order valence-corrected chi connectivity index (χ0v) is 10.5. The second-order valence-corrected chi connectivity index (χ2v) is 5.71. The van der Waals surface area contributed by atoms with E-state index < -0.39 is 0 Å². The Kier molecular flexibility index (Phi) is 6.10. The predicted molar refractivity (Wildman–Crippen MR) is 66.2 cm³/mol. The molecule has 0 saturated carbocycles. The van der Waals surface area contributed by atoms with E-state index in [-0.39, 0.29) is 5.91 Å². The summed E-state index contributed by atoms with van der Waals surface area (Å²) in [6, 6.07) is 0.461. The van der Waals surface area contributed by atoms with E-state index in [0.717, 1.165) is 13.1 Å². The number of carbonyl (C=O) groups is 1. The molecule has 0 bridgehead atoms. The van der Waals surface area contributed by atoms with Crippen LogP contribution < -0.4 is 10.6 Å². The summed E-state index contributed by atoms with van der Waals surface area (Å²) in [6.45, 7) is 5.81. The van der Waals surface area contributed by atoms with Gasteiger partial charge in [-0.2, -0.15) is 11.8 Å². The van der Waals surface area contributed by atoms with Crippen LogP contribution in [-0.4, -0.2) is 36.0 Å². The van der Waals surface area contributed by atoms with Crippen molar-refractivity contribution in [1.82, 2.24) is 10.6 Å². The van der Waals surface area contributed by atoms with Gasteiger partial charge in [0.1, 0.15) is 0 Å². The summed E-state index contributed by atoms with van der Waals surface area (Å²) in [5.41, 5.74) is 0. The SMILES string of the molecule is CC(C)NCCC(=O)NCC1CCCS1. The molecule has 1 rings (SSSR count). The molecule has 1 heterocycles. The predicted octanol–water partition coefficient (Wildman–Crippen LogP) is 1.39. The van der Waals surface area contributed by atoms with E-state index in [4.69, 9.17) is 0 Å². The molecule has 3 nitrogen and oxygen atoms in total. The second-order valence-electron chi connectivity index (χ2n) is 4.30. The summed E-state index contributed by atoms with van der Waals surface area (Å²) in [5, 5.41) is 6.90. The second kappa shape index (κ2) is 7.12. The van der Waals surface area contributed by atoms with Gasteiger partial charge in [0.2, 0.25) is 5.91 Å². The molecule has 1 aliphatic rings. The molecule has 1 aliphatic heterocycles. The first-order chi connectivity index (χ1) is 7.18. The highest BCUT2D eigenvalue weighted by Gasteiger charge is 2.15. The Morgan fingerprint density at radius 2 is 2.33 bits per heavy atom. The normalized spacial score (nSPS) is 20.9. The van der Waals surface area contributed by atoms with Crippen LogP contribution in [0.1, 0.15) is 33.1 Å². The summed E-state index contributed by atoms with van der Waals surface area (Å²) in [6.07, 6.45) is 3.16. The molecule has 0 aliphatic carbocycles. The molecule has 0 aromatic rings. The van der Waals surface area contributed by atoms with Crippen LogP contribution >= 0.6 is 11.8 Å². The molecule has 2 N–H and O–H groups in total. The van der Waals surface area contributed by atoms with Crippen LogP contribution in [0.25, 0.3) is 0 Å². The monoisotopic (exact) mass is 230 g/mol. The minimum Gasteiger partial charge on any atom is -0.355 e. The lowest BCUT2D eigenvalue weighted by Crippen LogP contribution is -2.33. The Bertz CT molecular complexity index is 191. The Labute approximate surface area is 96.8 Å². The van der Waals surface area contributed by atoms with Crippen LogP contribution in [0.15, 0.2) is 0 Å². The van der Waals surface area contributed by atoms with Gasteiger partial charge in [-0.3, -0.25) is 4.79 Å². The summed E-state index contributed by atoms with van der Waals surface area (Å²) in [4.78, 5) is 11.4. The largest absolute Gasteiger partial charge is 0.355 e. The summed E-state index contributed by atoms with van der Waals surface area (Å²) >= 11 is 1.98. The standard InChI is InChI=1S/C11H22N2OS/c1-9(2)12-6-5-11(14)13-8-10-4-3-7-15-10/h9-10,12H,3-8H2,1-2H3,(H,13,14). The number of carbonyl (C=O) groups excluding carboxylic acids is 1. The fraction of sp³-hybridized carbons (Fsp3) is 0.909. The number of hydrogen-bond donors (Lipinski definition) is 2. The average molecular weight is 230 g/mol. The van der Waals surface area contributed by atoms with E-state index in [9.17, 15) is 4.79 Å². The maximum atomic E-state index is 11.4. The highest BCUT2D eigenvalue weighted by atomic mass is 32.2. The van der Waals surface area contributed by atoms with Crippen LogP contribution in [0.4, 0.5) is 0 Å². The van der Waals surface area contributed by atoms with E-state index in [1.807, 2.05) is 11.8 Å². The van der Waals surface area contributed by atoms with Crippen LogP contribution in [0, 0.1) is 0 Å². The molecule has 0 aromatic heterocycles. The maximum absolute atomic E-state index is 11.4. The van der Waals surface area contributed by atoms with Gasteiger partial charge in [-0.1, -0.05) is 13.8 Å². The van der Waals surface area contributed by atoms with Crippen molar-refractivity contribution >= 4 is 17.7 Å². The molecule has 4 heteroatoms. The summed E-state index contributed by atoms with van der Waals surface area (Å²) < 4.78 is 0. The van der Waals surface area contributed by atoms with E-state index in [2.05, 4.69) is 24.5 Å². The zero-order valence-electron chi connectivity index (χ0n) is 9.71. The molecule has 0 aromatic carbocycles. The van der Waals surface area contributed by atoms with Crippen molar-refractivity contribution in [3.63, 3.8) is 0 Å². The van der Waals surface area contributed by atoms with Gasteiger partial charge in [-0.25, -0.2) is 0 Å². The third-order valence-corrected chi connectivity index (χ3v) is 3.85. The highest BCUT2D eigenvalue weighted by Crippen LogP contribution is 2.25. The van der Waals surface area contributed by atoms with Gasteiger partial charge < -0.3 is 10.6 Å². The Morgan fingerprint density at radius 3 is 2.93 bits per heavy atom. The van der Waals surface area contributed by atoms with E-state index in [0.29, 0.717) is 17.7 Å². The molecule has 88 valence electrons. The minimum atomic E-state index is 0.177. The van der Waals surface area contributed by atoms with Gasteiger partial charge in [0.25, 0.3) is 0 Å². The first-order valence-electron chi connectivity index (χ1n) is 5.80. The Morgan fingerprint density at radius 1 is 1.53 bits per heavy atom. The quantitative estimate of drug-likeness (QED) is 0.724. The van der Waals surface area contributed by atoms with Crippen molar-refractivity contribution in [3.05, 3.63) is 0 Å². The Hall–Kier alpha value is -0.220. The van der Waals surface area contributed by atoms with Crippen LogP contribution in [0.3, 0.4) is 0 Å². The summed E-state index contributed by atoms with van der Waals surface area (Å²) in [7, 11) is 0. The van der Waals surface area contributed by atoms with E-state index in [1.165, 1.54) is 18.6 Å². The zero-order chi connectivity index (χ0) is 11.1. The minimum absolute atomic E-state index is 0.177. The third-order valence-electron chi connectivity index (χ3n) is 2.46. The van der Waals surface area contributed by atoms with Crippen molar-refractivity contribution in [2.24, 2.45) is 0 Å². The van der Waals surface area contributed by atoms with Gasteiger partial charge in [0, 0.05) is 30.8 Å². The molecular weight excluding hydrogens is 208 g/mol. The third kappa shape index (κ3) is 6.05. The molecular formula is C11H22N2OS. The fourth-order valence-electron chi connectivity index (χ4n) is 1.60. The Balaban J connectivity index is 1.98. The number of nitrogens with one attached hydrogen (secondary N) is 2. The van der Waals surface area contributed by atoms with Gasteiger partial charge in [0.05, 0.1) is 0 Å². The first kappa shape index (κ1) is 12.8. The topological polar surface area (TPSA) is 41.1 Å². The van der Waals surface area contributed by atoms with Crippen molar-refractivity contribution in [2.45, 2.75) is 44.4 Å². The van der Waals surface area contributed by atoms with Crippen molar-refractivity contribution in [3.8, 4) is 0 Å². The van der Waals surface area contributed by atoms with Crippen molar-refractivity contribution in [2.75, 3.05) is 18.8 Å².